The molecule has 0 saturated heterocycles. The molecule has 2 aromatic rings. The average Bonchev–Trinajstić information content (AvgIpc) is 2.44. The van der Waals surface area contributed by atoms with Crippen LogP contribution in [0.3, 0.4) is 0 Å². The van der Waals surface area contributed by atoms with Crippen molar-refractivity contribution in [3.63, 3.8) is 0 Å². The highest BCUT2D eigenvalue weighted by Crippen LogP contribution is 2.16. The second kappa shape index (κ2) is 7.18. The molecule has 0 bridgehead atoms. The number of aromatic nitrogens is 2. The lowest BCUT2D eigenvalue weighted by molar-refractivity contribution is 0.0947. The molecule has 0 atom stereocenters. The van der Waals surface area contributed by atoms with Crippen molar-refractivity contribution in [2.45, 2.75) is 26.7 Å². The fraction of sp³-hybridized carbons (Fsp3) is 0.312. The van der Waals surface area contributed by atoms with E-state index in [1.807, 2.05) is 31.2 Å². The van der Waals surface area contributed by atoms with Crippen molar-refractivity contribution in [2.75, 3.05) is 6.54 Å². The summed E-state index contributed by atoms with van der Waals surface area (Å²) >= 11 is 6.09. The summed E-state index contributed by atoms with van der Waals surface area (Å²) in [5.74, 6) is 0.443. The Labute approximate surface area is 129 Å². The molecule has 1 heterocycles. The lowest BCUT2D eigenvalue weighted by Crippen LogP contribution is -2.26. The molecule has 0 aliphatic heterocycles. The van der Waals surface area contributed by atoms with Crippen LogP contribution < -0.4 is 5.32 Å². The number of carbonyl (C=O) groups is 1. The van der Waals surface area contributed by atoms with Crippen molar-refractivity contribution < 1.29 is 4.79 Å². The lowest BCUT2D eigenvalue weighted by Gasteiger charge is -2.07. The van der Waals surface area contributed by atoms with Crippen molar-refractivity contribution in [2.24, 2.45) is 0 Å². The van der Waals surface area contributed by atoms with Gasteiger partial charge in [0.05, 0.1) is 0 Å². The molecule has 0 radical (unpaired) electrons. The van der Waals surface area contributed by atoms with Crippen molar-refractivity contribution in [1.29, 1.82) is 0 Å². The number of benzene rings is 1. The quantitative estimate of drug-likeness (QED) is 0.864. The second-order valence-corrected chi connectivity index (χ2v) is 5.30. The van der Waals surface area contributed by atoms with Crippen LogP contribution in [0.4, 0.5) is 0 Å². The summed E-state index contributed by atoms with van der Waals surface area (Å²) in [5, 5.41) is 3.64. The summed E-state index contributed by atoms with van der Waals surface area (Å²) in [4.78, 5) is 20.3. The van der Waals surface area contributed by atoms with Gasteiger partial charge in [-0.1, -0.05) is 29.8 Å². The Bertz CT molecular complexity index is 623. The van der Waals surface area contributed by atoms with Gasteiger partial charge >= 0.3 is 0 Å². The first-order chi connectivity index (χ1) is 10.1. The zero-order valence-corrected chi connectivity index (χ0v) is 12.9. The largest absolute Gasteiger partial charge is 0.351 e. The topological polar surface area (TPSA) is 54.9 Å². The van der Waals surface area contributed by atoms with E-state index in [2.05, 4.69) is 15.3 Å². The summed E-state index contributed by atoms with van der Waals surface area (Å²) in [5.41, 5.74) is 2.31. The number of rotatable bonds is 5. The van der Waals surface area contributed by atoms with Gasteiger partial charge in [-0.25, -0.2) is 9.97 Å². The highest BCUT2D eigenvalue weighted by atomic mass is 35.5. The Balaban J connectivity index is 1.83. The van der Waals surface area contributed by atoms with E-state index in [1.165, 1.54) is 0 Å². The van der Waals surface area contributed by atoms with Crippen LogP contribution in [0.25, 0.3) is 0 Å². The second-order valence-electron chi connectivity index (χ2n) is 4.89. The Morgan fingerprint density at radius 3 is 2.71 bits per heavy atom. The SMILES string of the molecule is Cc1cc(C(=O)NCCCc2ccccc2Cl)nc(C)n1. The molecule has 1 aromatic heterocycles. The number of nitrogens with one attached hydrogen (secondary N) is 1. The Kier molecular flexibility index (Phi) is 5.28. The molecule has 1 amide bonds. The number of carbonyl (C=O) groups excluding carboxylic acids is 1. The maximum atomic E-state index is 12.0. The number of halogens is 1. The first-order valence-electron chi connectivity index (χ1n) is 6.90. The van der Waals surface area contributed by atoms with Gasteiger partial charge in [0.1, 0.15) is 11.5 Å². The molecule has 0 saturated carbocycles. The van der Waals surface area contributed by atoms with Crippen molar-refractivity contribution in [1.82, 2.24) is 15.3 Å². The normalized spacial score (nSPS) is 10.4. The molecule has 110 valence electrons. The molecular weight excluding hydrogens is 286 g/mol. The van der Waals surface area contributed by atoms with Crippen LogP contribution in [0, 0.1) is 13.8 Å². The monoisotopic (exact) mass is 303 g/mol. The third-order valence-electron chi connectivity index (χ3n) is 3.06. The van der Waals surface area contributed by atoms with Crippen LogP contribution in [0.2, 0.25) is 5.02 Å². The molecule has 1 N–H and O–H groups in total. The third kappa shape index (κ3) is 4.53. The highest BCUT2D eigenvalue weighted by Gasteiger charge is 2.08. The van der Waals surface area contributed by atoms with Crippen LogP contribution in [-0.4, -0.2) is 22.4 Å². The molecule has 1 aromatic carbocycles. The fourth-order valence-corrected chi connectivity index (χ4v) is 2.34. The molecule has 4 nitrogen and oxygen atoms in total. The third-order valence-corrected chi connectivity index (χ3v) is 3.43. The smallest absolute Gasteiger partial charge is 0.270 e. The van der Waals surface area contributed by atoms with Gasteiger partial charge in [0, 0.05) is 17.3 Å². The molecule has 0 aliphatic rings. The van der Waals surface area contributed by atoms with Crippen LogP contribution in [0.5, 0.6) is 0 Å². The summed E-state index contributed by atoms with van der Waals surface area (Å²) in [6.07, 6.45) is 1.67. The maximum absolute atomic E-state index is 12.0. The minimum atomic E-state index is -0.164. The van der Waals surface area contributed by atoms with Gasteiger partial charge in [-0.3, -0.25) is 4.79 Å². The van der Waals surface area contributed by atoms with E-state index in [4.69, 9.17) is 11.6 Å². The van der Waals surface area contributed by atoms with E-state index < -0.39 is 0 Å². The zero-order valence-electron chi connectivity index (χ0n) is 12.2. The van der Waals surface area contributed by atoms with E-state index in [9.17, 15) is 4.79 Å². The van der Waals surface area contributed by atoms with E-state index >= 15 is 0 Å². The molecule has 0 aliphatic carbocycles. The van der Waals surface area contributed by atoms with Crippen LogP contribution in [0.15, 0.2) is 30.3 Å². The predicted molar refractivity (Wildman–Crippen MR) is 83.6 cm³/mol. The number of aryl methyl sites for hydroxylation is 3. The Morgan fingerprint density at radius 2 is 2.00 bits per heavy atom. The molecule has 0 spiro atoms. The Hall–Kier alpha value is -1.94. The van der Waals surface area contributed by atoms with Gasteiger partial charge in [0.25, 0.3) is 5.91 Å². The molecule has 21 heavy (non-hydrogen) atoms. The summed E-state index contributed by atoms with van der Waals surface area (Å²) < 4.78 is 0. The van der Waals surface area contributed by atoms with Gasteiger partial charge in [-0.15, -0.1) is 0 Å². The van der Waals surface area contributed by atoms with E-state index in [0.717, 1.165) is 29.1 Å². The summed E-state index contributed by atoms with van der Waals surface area (Å²) in [6, 6.07) is 9.44. The van der Waals surface area contributed by atoms with Crippen LogP contribution >= 0.6 is 11.6 Å². The molecule has 0 unspecified atom stereocenters. The molecule has 2 rings (SSSR count). The average molecular weight is 304 g/mol. The van der Waals surface area contributed by atoms with Crippen molar-refractivity contribution >= 4 is 17.5 Å². The van der Waals surface area contributed by atoms with Gasteiger partial charge in [0.2, 0.25) is 0 Å². The van der Waals surface area contributed by atoms with E-state index in [1.54, 1.807) is 13.0 Å². The van der Waals surface area contributed by atoms with Gasteiger partial charge < -0.3 is 5.32 Å². The minimum absolute atomic E-state index is 0.164. The molecule has 5 heteroatoms. The Morgan fingerprint density at radius 1 is 1.24 bits per heavy atom. The van der Waals surface area contributed by atoms with E-state index in [0.29, 0.717) is 18.1 Å². The lowest BCUT2D eigenvalue weighted by atomic mass is 10.1. The zero-order chi connectivity index (χ0) is 15.2. The van der Waals surface area contributed by atoms with E-state index in [-0.39, 0.29) is 5.91 Å². The fourth-order valence-electron chi connectivity index (χ4n) is 2.11. The first kappa shape index (κ1) is 15.4. The number of nitrogens with zero attached hydrogens (tertiary/aromatic N) is 2. The van der Waals surface area contributed by atoms with Gasteiger partial charge in [0.15, 0.2) is 0 Å². The molecular formula is C16H18ClN3O. The first-order valence-corrected chi connectivity index (χ1v) is 7.28. The number of amides is 1. The minimum Gasteiger partial charge on any atom is -0.351 e. The summed E-state index contributed by atoms with van der Waals surface area (Å²) in [6.45, 7) is 4.22. The van der Waals surface area contributed by atoms with Crippen LogP contribution in [-0.2, 0) is 6.42 Å². The van der Waals surface area contributed by atoms with Gasteiger partial charge in [-0.2, -0.15) is 0 Å². The maximum Gasteiger partial charge on any atom is 0.270 e. The number of hydrogen-bond donors (Lipinski definition) is 1. The molecule has 0 fully saturated rings. The van der Waals surface area contributed by atoms with Gasteiger partial charge in [-0.05, 0) is 44.4 Å². The van der Waals surface area contributed by atoms with Crippen molar-refractivity contribution in [3.05, 3.63) is 58.1 Å². The highest BCUT2D eigenvalue weighted by molar-refractivity contribution is 6.31. The summed E-state index contributed by atoms with van der Waals surface area (Å²) in [7, 11) is 0. The number of hydrogen-bond acceptors (Lipinski definition) is 3. The predicted octanol–water partition coefficient (Wildman–Crippen LogP) is 3.11. The standard InChI is InChI=1S/C16H18ClN3O/c1-11-10-15(20-12(2)19-11)16(21)18-9-5-7-13-6-3-4-8-14(13)17/h3-4,6,8,10H,5,7,9H2,1-2H3,(H,18,21). The van der Waals surface area contributed by atoms with Crippen LogP contribution in [0.1, 0.15) is 34.0 Å². The van der Waals surface area contributed by atoms with Crippen molar-refractivity contribution in [3.8, 4) is 0 Å².